The van der Waals surface area contributed by atoms with Gasteiger partial charge in [-0.25, -0.2) is 4.79 Å². The molecule has 0 radical (unpaired) electrons. The van der Waals surface area contributed by atoms with Crippen LogP contribution in [0, 0.1) is 11.3 Å². The molecular formula is C21H19NO4. The quantitative estimate of drug-likeness (QED) is 0.444. The lowest BCUT2D eigenvalue weighted by Gasteiger charge is -2.04. The molecule has 0 aliphatic rings. The second kappa shape index (κ2) is 9.19. The number of rotatable bonds is 8. The van der Waals surface area contributed by atoms with Gasteiger partial charge in [0, 0.05) is 5.56 Å². The molecule has 2 rings (SSSR count). The normalized spacial score (nSPS) is 10.8. The van der Waals surface area contributed by atoms with Crippen LogP contribution in [0.3, 0.4) is 0 Å². The first-order chi connectivity index (χ1) is 12.5. The number of benzene rings is 2. The highest BCUT2D eigenvalue weighted by molar-refractivity contribution is 6.14. The Balaban J connectivity index is 2.14. The minimum Gasteiger partial charge on any atom is -0.482 e. The average molecular weight is 349 g/mol. The Morgan fingerprint density at radius 1 is 1.12 bits per heavy atom. The third-order valence-corrected chi connectivity index (χ3v) is 3.67. The first-order valence-corrected chi connectivity index (χ1v) is 8.23. The summed E-state index contributed by atoms with van der Waals surface area (Å²) in [5, 5.41) is 17.9. The highest BCUT2D eigenvalue weighted by atomic mass is 16.5. The molecule has 0 aromatic heterocycles. The maximum Gasteiger partial charge on any atom is 0.341 e. The summed E-state index contributed by atoms with van der Waals surface area (Å²) >= 11 is 0. The third kappa shape index (κ3) is 5.32. The highest BCUT2D eigenvalue weighted by Crippen LogP contribution is 2.17. The molecule has 1 N–H and O–H groups in total. The van der Waals surface area contributed by atoms with Crippen molar-refractivity contribution in [1.82, 2.24) is 0 Å². The molecule has 0 atom stereocenters. The van der Waals surface area contributed by atoms with Gasteiger partial charge in [-0.1, -0.05) is 49.7 Å². The number of carbonyl (C=O) groups excluding carboxylic acids is 1. The number of allylic oxidation sites excluding steroid dienone is 1. The summed E-state index contributed by atoms with van der Waals surface area (Å²) in [7, 11) is 0. The summed E-state index contributed by atoms with van der Waals surface area (Å²) in [5.74, 6) is -0.987. The summed E-state index contributed by atoms with van der Waals surface area (Å²) in [6, 6.07) is 15.7. The molecule has 0 heterocycles. The van der Waals surface area contributed by atoms with E-state index in [0.29, 0.717) is 16.9 Å². The van der Waals surface area contributed by atoms with Crippen LogP contribution in [0.1, 0.15) is 34.8 Å². The first-order valence-electron chi connectivity index (χ1n) is 8.23. The summed E-state index contributed by atoms with van der Waals surface area (Å²) < 4.78 is 5.05. The number of ketones is 1. The molecule has 0 saturated heterocycles. The number of aliphatic carboxylic acids is 1. The molecular weight excluding hydrogens is 330 g/mol. The number of carbonyl (C=O) groups is 2. The number of nitriles is 1. The van der Waals surface area contributed by atoms with Gasteiger partial charge in [-0.15, -0.1) is 0 Å². The zero-order chi connectivity index (χ0) is 18.9. The third-order valence-electron chi connectivity index (χ3n) is 3.67. The van der Waals surface area contributed by atoms with Gasteiger partial charge < -0.3 is 9.84 Å². The molecule has 132 valence electrons. The molecule has 0 spiro atoms. The number of carboxylic acids is 1. The van der Waals surface area contributed by atoms with Crippen molar-refractivity contribution in [2.45, 2.75) is 19.8 Å². The number of aryl methyl sites for hydroxylation is 1. The predicted octanol–water partition coefficient (Wildman–Crippen LogP) is 3.89. The number of Topliss-reactive ketones (excluding diaryl/α,β-unsaturated/α-hetero) is 1. The Morgan fingerprint density at radius 2 is 1.77 bits per heavy atom. The Kier molecular flexibility index (Phi) is 6.69. The number of hydrogen-bond donors (Lipinski definition) is 1. The van der Waals surface area contributed by atoms with E-state index >= 15 is 0 Å². The number of carboxylic acid groups (broad SMARTS) is 1. The van der Waals surface area contributed by atoms with Crippen molar-refractivity contribution >= 4 is 17.8 Å². The Hall–Kier alpha value is -3.39. The number of nitrogens with zero attached hydrogens (tertiary/aromatic N) is 1. The fourth-order valence-electron chi connectivity index (χ4n) is 2.39. The van der Waals surface area contributed by atoms with Crippen LogP contribution >= 0.6 is 0 Å². The topological polar surface area (TPSA) is 87.4 Å². The van der Waals surface area contributed by atoms with Crippen LogP contribution in [-0.4, -0.2) is 23.5 Å². The van der Waals surface area contributed by atoms with Crippen molar-refractivity contribution in [2.24, 2.45) is 0 Å². The predicted molar refractivity (Wildman–Crippen MR) is 97.9 cm³/mol. The summed E-state index contributed by atoms with van der Waals surface area (Å²) in [6.45, 7) is 1.67. The molecule has 26 heavy (non-hydrogen) atoms. The van der Waals surface area contributed by atoms with Crippen LogP contribution in [0.2, 0.25) is 0 Å². The van der Waals surface area contributed by atoms with Gasteiger partial charge in [0.05, 0.1) is 0 Å². The molecule has 0 aliphatic carbocycles. The van der Waals surface area contributed by atoms with Gasteiger partial charge in [0.15, 0.2) is 6.61 Å². The number of ether oxygens (including phenoxy) is 1. The SMILES string of the molecule is CCCc1ccc(C(=O)C(C#N)=Cc2ccc(OCC(=O)O)cc2)cc1. The fourth-order valence-corrected chi connectivity index (χ4v) is 2.39. The van der Waals surface area contributed by atoms with E-state index in [-0.39, 0.29) is 11.4 Å². The van der Waals surface area contributed by atoms with Crippen molar-refractivity contribution in [3.05, 3.63) is 70.8 Å². The van der Waals surface area contributed by atoms with E-state index in [4.69, 9.17) is 9.84 Å². The van der Waals surface area contributed by atoms with E-state index in [2.05, 4.69) is 6.92 Å². The largest absolute Gasteiger partial charge is 0.482 e. The maximum atomic E-state index is 12.5. The van der Waals surface area contributed by atoms with E-state index in [9.17, 15) is 14.9 Å². The van der Waals surface area contributed by atoms with E-state index in [1.165, 1.54) is 6.08 Å². The summed E-state index contributed by atoms with van der Waals surface area (Å²) in [6.07, 6.45) is 3.48. The molecule has 5 nitrogen and oxygen atoms in total. The lowest BCUT2D eigenvalue weighted by Crippen LogP contribution is -2.09. The van der Waals surface area contributed by atoms with Gasteiger partial charge in [0.1, 0.15) is 17.4 Å². The second-order valence-electron chi connectivity index (χ2n) is 5.70. The summed E-state index contributed by atoms with van der Waals surface area (Å²) in [5.41, 5.74) is 2.31. The van der Waals surface area contributed by atoms with Gasteiger partial charge >= 0.3 is 5.97 Å². The number of hydrogen-bond acceptors (Lipinski definition) is 4. The molecule has 0 unspecified atom stereocenters. The highest BCUT2D eigenvalue weighted by Gasteiger charge is 2.12. The van der Waals surface area contributed by atoms with Crippen molar-refractivity contribution in [3.63, 3.8) is 0 Å². The lowest BCUT2D eigenvalue weighted by atomic mass is 10.00. The Labute approximate surface area is 152 Å². The molecule has 0 saturated carbocycles. The fraction of sp³-hybridized carbons (Fsp3) is 0.190. The van der Waals surface area contributed by atoms with Crippen molar-refractivity contribution in [3.8, 4) is 11.8 Å². The Bertz CT molecular complexity index is 843. The lowest BCUT2D eigenvalue weighted by molar-refractivity contribution is -0.139. The van der Waals surface area contributed by atoms with Gasteiger partial charge in [-0.05, 0) is 35.8 Å². The maximum absolute atomic E-state index is 12.5. The molecule has 0 amide bonds. The van der Waals surface area contributed by atoms with Crippen molar-refractivity contribution in [1.29, 1.82) is 5.26 Å². The van der Waals surface area contributed by atoms with Crippen LogP contribution in [0.5, 0.6) is 5.75 Å². The minimum absolute atomic E-state index is 0.0347. The molecule has 0 aliphatic heterocycles. The van der Waals surface area contributed by atoms with E-state index in [1.54, 1.807) is 36.4 Å². The zero-order valence-corrected chi connectivity index (χ0v) is 14.4. The van der Waals surface area contributed by atoms with Gasteiger partial charge in [0.2, 0.25) is 5.78 Å². The van der Waals surface area contributed by atoms with Crippen LogP contribution in [0.4, 0.5) is 0 Å². The van der Waals surface area contributed by atoms with E-state index in [1.807, 2.05) is 18.2 Å². The minimum atomic E-state index is -1.06. The van der Waals surface area contributed by atoms with Gasteiger partial charge in [-0.2, -0.15) is 5.26 Å². The van der Waals surface area contributed by atoms with Crippen LogP contribution < -0.4 is 4.74 Å². The zero-order valence-electron chi connectivity index (χ0n) is 14.4. The van der Waals surface area contributed by atoms with Crippen molar-refractivity contribution < 1.29 is 19.4 Å². The van der Waals surface area contributed by atoms with Gasteiger partial charge in [-0.3, -0.25) is 4.79 Å². The average Bonchev–Trinajstić information content (AvgIpc) is 2.65. The molecule has 0 fully saturated rings. The summed E-state index contributed by atoms with van der Waals surface area (Å²) in [4.78, 5) is 23.0. The van der Waals surface area contributed by atoms with E-state index < -0.39 is 12.6 Å². The molecule has 5 heteroatoms. The first kappa shape index (κ1) is 18.9. The smallest absolute Gasteiger partial charge is 0.341 e. The van der Waals surface area contributed by atoms with Crippen LogP contribution in [0.15, 0.2) is 54.1 Å². The Morgan fingerprint density at radius 3 is 2.31 bits per heavy atom. The van der Waals surface area contributed by atoms with Crippen LogP contribution in [0.25, 0.3) is 6.08 Å². The van der Waals surface area contributed by atoms with Crippen LogP contribution in [-0.2, 0) is 11.2 Å². The van der Waals surface area contributed by atoms with Crippen molar-refractivity contribution in [2.75, 3.05) is 6.61 Å². The monoisotopic (exact) mass is 349 g/mol. The molecule has 0 bridgehead atoms. The standard InChI is InChI=1S/C21H19NO4/c1-2-3-15-4-8-17(9-5-15)21(25)18(13-22)12-16-6-10-19(11-7-16)26-14-20(23)24/h4-12H,2-3,14H2,1H3,(H,23,24). The van der Waals surface area contributed by atoms with E-state index in [0.717, 1.165) is 18.4 Å². The van der Waals surface area contributed by atoms with Gasteiger partial charge in [0.25, 0.3) is 0 Å². The molecule has 2 aromatic carbocycles. The molecule has 2 aromatic rings. The second-order valence-corrected chi connectivity index (χ2v) is 5.70.